The van der Waals surface area contributed by atoms with Gasteiger partial charge in [-0.3, -0.25) is 5.32 Å². The molecular weight excluding hydrogens is 196 g/mol. The fraction of sp³-hybridized carbons (Fsp3) is 0.929. The predicted molar refractivity (Wildman–Crippen MR) is 66.0 cm³/mol. The lowest BCUT2D eigenvalue weighted by Crippen LogP contribution is -2.41. The Morgan fingerprint density at radius 1 is 0.875 bits per heavy atom. The second-order valence-electron chi connectivity index (χ2n) is 5.51. The van der Waals surface area contributed by atoms with Crippen molar-refractivity contribution < 1.29 is 0 Å². The van der Waals surface area contributed by atoms with E-state index in [1.807, 2.05) is 0 Å². The van der Waals surface area contributed by atoms with E-state index in [2.05, 4.69) is 11.4 Å². The van der Waals surface area contributed by atoms with Gasteiger partial charge < -0.3 is 0 Å². The lowest BCUT2D eigenvalue weighted by atomic mass is 9.97. The molecule has 2 aliphatic carbocycles. The van der Waals surface area contributed by atoms with E-state index < -0.39 is 0 Å². The second-order valence-corrected chi connectivity index (χ2v) is 5.51. The van der Waals surface area contributed by atoms with Crippen LogP contribution in [0.4, 0.5) is 0 Å². The topological polar surface area (TPSA) is 35.8 Å². The number of hydrogen-bond donors (Lipinski definition) is 1. The van der Waals surface area contributed by atoms with Crippen molar-refractivity contribution in [1.29, 1.82) is 5.26 Å². The molecule has 2 saturated carbocycles. The Balaban J connectivity index is 1.82. The summed E-state index contributed by atoms with van der Waals surface area (Å²) in [6, 6.07) is 3.25. The highest BCUT2D eigenvalue weighted by Crippen LogP contribution is 2.28. The van der Waals surface area contributed by atoms with Crippen molar-refractivity contribution in [2.45, 2.75) is 76.3 Å². The summed E-state index contributed by atoms with van der Waals surface area (Å²) in [6.07, 6.45) is 13.2. The summed E-state index contributed by atoms with van der Waals surface area (Å²) in [4.78, 5) is 0. The second kappa shape index (κ2) is 6.25. The number of rotatable bonds is 3. The Morgan fingerprint density at radius 2 is 1.44 bits per heavy atom. The normalized spacial score (nSPS) is 26.2. The monoisotopic (exact) mass is 220 g/mol. The van der Waals surface area contributed by atoms with Gasteiger partial charge in [-0.05, 0) is 31.6 Å². The zero-order chi connectivity index (χ0) is 11.2. The molecule has 0 heterocycles. The van der Waals surface area contributed by atoms with Crippen LogP contribution >= 0.6 is 0 Å². The minimum absolute atomic E-state index is 0.130. The summed E-state index contributed by atoms with van der Waals surface area (Å²) in [6.45, 7) is 0. The van der Waals surface area contributed by atoms with E-state index >= 15 is 0 Å². The van der Waals surface area contributed by atoms with Crippen molar-refractivity contribution in [2.24, 2.45) is 5.92 Å². The summed E-state index contributed by atoms with van der Waals surface area (Å²) in [5, 5.41) is 12.9. The van der Waals surface area contributed by atoms with Gasteiger partial charge in [-0.25, -0.2) is 0 Å². The molecule has 1 atom stereocenters. The van der Waals surface area contributed by atoms with Gasteiger partial charge in [-0.15, -0.1) is 0 Å². The molecule has 0 amide bonds. The number of hydrogen-bond acceptors (Lipinski definition) is 2. The largest absolute Gasteiger partial charge is 0.299 e. The molecule has 0 aromatic carbocycles. The van der Waals surface area contributed by atoms with Crippen molar-refractivity contribution in [3.8, 4) is 6.07 Å². The molecule has 0 radical (unpaired) electrons. The van der Waals surface area contributed by atoms with Crippen molar-refractivity contribution in [2.75, 3.05) is 0 Å². The van der Waals surface area contributed by atoms with Crippen LogP contribution in [0.2, 0.25) is 0 Å². The standard InChI is InChI=1S/C14H24N2/c15-11-14(12-7-5-6-8-12)16-13-9-3-1-2-4-10-13/h12-14,16H,1-10H2. The van der Waals surface area contributed by atoms with Gasteiger partial charge in [0, 0.05) is 6.04 Å². The maximum Gasteiger partial charge on any atom is 0.0983 e. The number of nitrogens with zero attached hydrogens (tertiary/aromatic N) is 1. The van der Waals surface area contributed by atoms with Crippen LogP contribution in [0, 0.1) is 17.2 Å². The Bertz CT molecular complexity index is 230. The summed E-state index contributed by atoms with van der Waals surface area (Å²) >= 11 is 0. The van der Waals surface area contributed by atoms with Crippen molar-refractivity contribution >= 4 is 0 Å². The first-order valence-electron chi connectivity index (χ1n) is 7.06. The minimum atomic E-state index is 0.130. The maximum atomic E-state index is 9.27. The van der Waals surface area contributed by atoms with Gasteiger partial charge in [0.25, 0.3) is 0 Å². The molecule has 0 bridgehead atoms. The first kappa shape index (κ1) is 11.9. The molecule has 0 spiro atoms. The summed E-state index contributed by atoms with van der Waals surface area (Å²) in [5.41, 5.74) is 0. The zero-order valence-corrected chi connectivity index (χ0v) is 10.3. The molecule has 16 heavy (non-hydrogen) atoms. The molecule has 90 valence electrons. The average molecular weight is 220 g/mol. The van der Waals surface area contributed by atoms with Gasteiger partial charge in [0.05, 0.1) is 12.1 Å². The maximum absolute atomic E-state index is 9.27. The molecule has 2 nitrogen and oxygen atoms in total. The van der Waals surface area contributed by atoms with E-state index in [1.54, 1.807) is 0 Å². The average Bonchev–Trinajstić information content (AvgIpc) is 2.71. The van der Waals surface area contributed by atoms with E-state index in [-0.39, 0.29) is 6.04 Å². The molecule has 2 fully saturated rings. The fourth-order valence-corrected chi connectivity index (χ4v) is 3.27. The molecule has 2 heteroatoms. The van der Waals surface area contributed by atoms with Crippen LogP contribution in [-0.2, 0) is 0 Å². The van der Waals surface area contributed by atoms with Crippen LogP contribution in [-0.4, -0.2) is 12.1 Å². The molecule has 0 aromatic heterocycles. The summed E-state index contributed by atoms with van der Waals surface area (Å²) in [5.74, 6) is 0.633. The molecule has 1 unspecified atom stereocenters. The lowest BCUT2D eigenvalue weighted by molar-refractivity contribution is 0.353. The highest BCUT2D eigenvalue weighted by atomic mass is 15.0. The smallest absolute Gasteiger partial charge is 0.0983 e. The van der Waals surface area contributed by atoms with Gasteiger partial charge in [-0.1, -0.05) is 38.5 Å². The van der Waals surface area contributed by atoms with E-state index in [1.165, 1.54) is 64.2 Å². The molecule has 1 N–H and O–H groups in total. The Morgan fingerprint density at radius 3 is 2.00 bits per heavy atom. The van der Waals surface area contributed by atoms with Crippen LogP contribution in [0.5, 0.6) is 0 Å². The van der Waals surface area contributed by atoms with Crippen molar-refractivity contribution in [3.05, 3.63) is 0 Å². The van der Waals surface area contributed by atoms with Gasteiger partial charge in [0.2, 0.25) is 0 Å². The van der Waals surface area contributed by atoms with Gasteiger partial charge in [0.15, 0.2) is 0 Å². The van der Waals surface area contributed by atoms with Crippen molar-refractivity contribution in [1.82, 2.24) is 5.32 Å². The molecule has 0 aromatic rings. The highest BCUT2D eigenvalue weighted by molar-refractivity contribution is 4.98. The quantitative estimate of drug-likeness (QED) is 0.740. The predicted octanol–water partition coefficient (Wildman–Crippen LogP) is 3.38. The number of nitriles is 1. The third-order valence-electron chi connectivity index (χ3n) is 4.28. The summed E-state index contributed by atoms with van der Waals surface area (Å²) < 4.78 is 0. The SMILES string of the molecule is N#CC(NC1CCCCCC1)C1CCCC1. The third kappa shape index (κ3) is 3.22. The van der Waals surface area contributed by atoms with Crippen LogP contribution < -0.4 is 5.32 Å². The first-order valence-corrected chi connectivity index (χ1v) is 7.06. The molecule has 2 rings (SSSR count). The fourth-order valence-electron chi connectivity index (χ4n) is 3.27. The highest BCUT2D eigenvalue weighted by Gasteiger charge is 2.26. The molecule has 0 saturated heterocycles. The van der Waals surface area contributed by atoms with Crippen LogP contribution in [0.3, 0.4) is 0 Å². The number of nitrogens with one attached hydrogen (secondary N) is 1. The van der Waals surface area contributed by atoms with Crippen LogP contribution in [0.1, 0.15) is 64.2 Å². The summed E-state index contributed by atoms with van der Waals surface area (Å²) in [7, 11) is 0. The Labute approximate surface area is 99.4 Å². The van der Waals surface area contributed by atoms with Crippen molar-refractivity contribution in [3.63, 3.8) is 0 Å². The third-order valence-corrected chi connectivity index (χ3v) is 4.28. The van der Waals surface area contributed by atoms with E-state index in [9.17, 15) is 5.26 Å². The van der Waals surface area contributed by atoms with Crippen LogP contribution in [0.15, 0.2) is 0 Å². The molecule has 0 aliphatic heterocycles. The minimum Gasteiger partial charge on any atom is -0.299 e. The van der Waals surface area contributed by atoms with Gasteiger partial charge >= 0.3 is 0 Å². The van der Waals surface area contributed by atoms with E-state index in [4.69, 9.17) is 0 Å². The Hall–Kier alpha value is -0.550. The lowest BCUT2D eigenvalue weighted by Gasteiger charge is -2.24. The zero-order valence-electron chi connectivity index (χ0n) is 10.3. The first-order chi connectivity index (χ1) is 7.90. The van der Waals surface area contributed by atoms with Crippen LogP contribution in [0.25, 0.3) is 0 Å². The van der Waals surface area contributed by atoms with E-state index in [0.29, 0.717) is 12.0 Å². The molecule has 2 aliphatic rings. The van der Waals surface area contributed by atoms with Gasteiger partial charge in [-0.2, -0.15) is 5.26 Å². The molecular formula is C14H24N2. The Kier molecular flexibility index (Phi) is 4.66. The van der Waals surface area contributed by atoms with E-state index in [0.717, 1.165) is 0 Å². The van der Waals surface area contributed by atoms with Gasteiger partial charge in [0.1, 0.15) is 0 Å².